The second-order valence-corrected chi connectivity index (χ2v) is 9.86. The van der Waals surface area contributed by atoms with Crippen LogP contribution < -0.4 is 4.74 Å². The summed E-state index contributed by atoms with van der Waals surface area (Å²) in [7, 11) is -4.17. The molecule has 0 amide bonds. The Labute approximate surface area is 171 Å². The molecule has 2 aliphatic rings. The highest BCUT2D eigenvalue weighted by Gasteiger charge is 2.59. The lowest BCUT2D eigenvalue weighted by Gasteiger charge is -2.48. The van der Waals surface area contributed by atoms with E-state index in [1.54, 1.807) is 0 Å². The zero-order chi connectivity index (χ0) is 20.8. The summed E-state index contributed by atoms with van der Waals surface area (Å²) >= 11 is 5.89. The molecule has 0 unspecified atom stereocenters. The molecule has 10 heteroatoms. The molecule has 152 valence electrons. The number of hydrogen-bond acceptors (Lipinski definition) is 4. The molecule has 6 nitrogen and oxygen atoms in total. The predicted molar refractivity (Wildman–Crippen MR) is 102 cm³/mol. The topological polar surface area (TPSA) is 92.1 Å². The lowest BCUT2D eigenvalue weighted by Crippen LogP contribution is -2.52. The van der Waals surface area contributed by atoms with Crippen molar-refractivity contribution in [3.8, 4) is 5.75 Å². The Hall–Kier alpha value is -2.35. The summed E-state index contributed by atoms with van der Waals surface area (Å²) in [6.07, 6.45) is 0.387. The first-order valence-electron chi connectivity index (χ1n) is 8.97. The molecule has 2 aromatic carbocycles. The van der Waals surface area contributed by atoms with Crippen LogP contribution in [0.15, 0.2) is 46.4 Å². The summed E-state index contributed by atoms with van der Waals surface area (Å²) in [5.74, 6) is -2.74. The van der Waals surface area contributed by atoms with Crippen molar-refractivity contribution >= 4 is 21.4 Å². The highest BCUT2D eigenvalue weighted by atomic mass is 35.5. The van der Waals surface area contributed by atoms with E-state index in [1.807, 2.05) is 0 Å². The Bertz CT molecular complexity index is 1120. The van der Waals surface area contributed by atoms with E-state index in [1.165, 1.54) is 24.3 Å². The minimum absolute atomic E-state index is 0.0248. The van der Waals surface area contributed by atoms with Crippen molar-refractivity contribution in [2.24, 2.45) is 11.0 Å². The molecule has 0 N–H and O–H groups in total. The fourth-order valence-corrected chi connectivity index (χ4v) is 6.99. The number of benzene rings is 2. The van der Waals surface area contributed by atoms with Gasteiger partial charge in [0.25, 0.3) is 0 Å². The molecule has 0 saturated heterocycles. The minimum Gasteiger partial charge on any atom is -0.490 e. The Kier molecular flexibility index (Phi) is 4.93. The number of ether oxygens (including phenoxy) is 1. The standard InChI is InChI=1S/C19H16ClF2N3O3S/c20-12-1-3-14(4-2-12)29(26,27)19-8-7-13(24-25-23)9-11(19)10-28-18-16(22)6-5-15(21)17(18)19/h1-6,11,13H,7-10H2/t11-,13-,19+/m1/s1. The molecule has 0 bridgehead atoms. The number of azide groups is 1. The minimum atomic E-state index is -4.17. The van der Waals surface area contributed by atoms with Crippen LogP contribution in [0.1, 0.15) is 24.8 Å². The van der Waals surface area contributed by atoms with E-state index in [0.29, 0.717) is 5.02 Å². The van der Waals surface area contributed by atoms with E-state index in [9.17, 15) is 12.8 Å². The third-order valence-electron chi connectivity index (χ3n) is 5.79. The molecular weight excluding hydrogens is 424 g/mol. The number of rotatable bonds is 3. The summed E-state index contributed by atoms with van der Waals surface area (Å²) in [5.41, 5.74) is 8.48. The smallest absolute Gasteiger partial charge is 0.188 e. The molecule has 0 radical (unpaired) electrons. The van der Waals surface area contributed by atoms with Crippen LogP contribution in [0.25, 0.3) is 10.4 Å². The van der Waals surface area contributed by atoms with Crippen molar-refractivity contribution in [3.63, 3.8) is 0 Å². The zero-order valence-electron chi connectivity index (χ0n) is 15.1. The quantitative estimate of drug-likeness (QED) is 0.375. The molecule has 1 aliphatic carbocycles. The van der Waals surface area contributed by atoms with Crippen molar-refractivity contribution in [2.45, 2.75) is 34.9 Å². The third kappa shape index (κ3) is 2.96. The largest absolute Gasteiger partial charge is 0.490 e. The van der Waals surface area contributed by atoms with Crippen molar-refractivity contribution in [3.05, 3.63) is 69.1 Å². The first kappa shape index (κ1) is 19.9. The van der Waals surface area contributed by atoms with E-state index >= 15 is 4.39 Å². The Morgan fingerprint density at radius 3 is 2.55 bits per heavy atom. The number of nitrogens with zero attached hydrogens (tertiary/aromatic N) is 3. The van der Waals surface area contributed by atoms with E-state index in [2.05, 4.69) is 10.0 Å². The van der Waals surface area contributed by atoms with Gasteiger partial charge < -0.3 is 4.74 Å². The summed E-state index contributed by atoms with van der Waals surface area (Å²) in [6, 6.07) is 6.98. The van der Waals surface area contributed by atoms with Gasteiger partial charge >= 0.3 is 0 Å². The average Bonchev–Trinajstić information content (AvgIpc) is 2.70. The molecule has 29 heavy (non-hydrogen) atoms. The maximum absolute atomic E-state index is 15.0. The van der Waals surface area contributed by atoms with Gasteiger partial charge in [0.2, 0.25) is 0 Å². The average molecular weight is 440 g/mol. The fraction of sp³-hybridized carbons (Fsp3) is 0.368. The van der Waals surface area contributed by atoms with Gasteiger partial charge in [0.1, 0.15) is 10.6 Å². The van der Waals surface area contributed by atoms with E-state index in [4.69, 9.17) is 21.9 Å². The van der Waals surface area contributed by atoms with Crippen molar-refractivity contribution in [2.75, 3.05) is 6.61 Å². The maximum Gasteiger partial charge on any atom is 0.188 e. The van der Waals surface area contributed by atoms with Gasteiger partial charge in [-0.05, 0) is 61.2 Å². The molecule has 2 aromatic rings. The normalized spacial score (nSPS) is 25.9. The van der Waals surface area contributed by atoms with Gasteiger partial charge in [-0.3, -0.25) is 0 Å². The number of hydrogen-bond donors (Lipinski definition) is 0. The molecular formula is C19H16ClF2N3O3S. The van der Waals surface area contributed by atoms with Crippen LogP contribution in [0, 0.1) is 17.6 Å². The molecule has 4 rings (SSSR count). The molecule has 0 aromatic heterocycles. The van der Waals surface area contributed by atoms with Gasteiger partial charge in [-0.1, -0.05) is 16.7 Å². The van der Waals surface area contributed by atoms with E-state index in [-0.39, 0.29) is 42.1 Å². The van der Waals surface area contributed by atoms with Gasteiger partial charge in [0.05, 0.1) is 17.1 Å². The van der Waals surface area contributed by atoms with Crippen LogP contribution in [-0.4, -0.2) is 21.1 Å². The lowest BCUT2D eigenvalue weighted by molar-refractivity contribution is 0.116. The first-order valence-corrected chi connectivity index (χ1v) is 10.8. The Morgan fingerprint density at radius 2 is 1.86 bits per heavy atom. The molecule has 1 saturated carbocycles. The number of sulfone groups is 1. The van der Waals surface area contributed by atoms with Gasteiger partial charge in [-0.25, -0.2) is 17.2 Å². The van der Waals surface area contributed by atoms with Crippen molar-refractivity contribution in [1.82, 2.24) is 0 Å². The second-order valence-electron chi connectivity index (χ2n) is 7.22. The SMILES string of the molecule is [N-]=[N+]=N[C@@H]1CC[C@@]2(S(=O)(=O)c3ccc(Cl)cc3)c3c(F)ccc(F)c3OC[C@H]2C1. The molecule has 1 heterocycles. The number of fused-ring (bicyclic) bond motifs is 3. The van der Waals surface area contributed by atoms with Crippen LogP contribution in [-0.2, 0) is 14.6 Å². The van der Waals surface area contributed by atoms with Crippen molar-refractivity contribution in [1.29, 1.82) is 0 Å². The summed E-state index contributed by atoms with van der Waals surface area (Å²) in [4.78, 5) is 2.78. The predicted octanol–water partition coefficient (Wildman–Crippen LogP) is 5.16. The highest BCUT2D eigenvalue weighted by Crippen LogP contribution is 2.56. The van der Waals surface area contributed by atoms with Gasteiger partial charge in [-0.15, -0.1) is 0 Å². The molecule has 1 fully saturated rings. The van der Waals surface area contributed by atoms with Gasteiger partial charge in [-0.2, -0.15) is 0 Å². The van der Waals surface area contributed by atoms with Crippen LogP contribution in [0.2, 0.25) is 5.02 Å². The number of halogens is 3. The lowest BCUT2D eigenvalue weighted by atomic mass is 9.71. The van der Waals surface area contributed by atoms with Crippen LogP contribution >= 0.6 is 11.6 Å². The van der Waals surface area contributed by atoms with Crippen LogP contribution in [0.4, 0.5) is 8.78 Å². The zero-order valence-corrected chi connectivity index (χ0v) is 16.6. The monoisotopic (exact) mass is 439 g/mol. The first-order chi connectivity index (χ1) is 13.8. The molecule has 0 spiro atoms. The molecule has 3 atom stereocenters. The summed E-state index contributed by atoms with van der Waals surface area (Å²) < 4.78 is 60.9. The van der Waals surface area contributed by atoms with Gasteiger partial charge in [0.15, 0.2) is 21.4 Å². The summed E-state index contributed by atoms with van der Waals surface area (Å²) in [6.45, 7) is -0.127. The van der Waals surface area contributed by atoms with Gasteiger partial charge in [0, 0.05) is 21.9 Å². The van der Waals surface area contributed by atoms with Crippen LogP contribution in [0.5, 0.6) is 5.75 Å². The van der Waals surface area contributed by atoms with Crippen molar-refractivity contribution < 1.29 is 21.9 Å². The Balaban J connectivity index is 1.98. The fourth-order valence-electron chi connectivity index (χ4n) is 4.50. The third-order valence-corrected chi connectivity index (χ3v) is 8.64. The Morgan fingerprint density at radius 1 is 1.17 bits per heavy atom. The van der Waals surface area contributed by atoms with E-state index < -0.39 is 38.2 Å². The highest BCUT2D eigenvalue weighted by molar-refractivity contribution is 7.92. The van der Waals surface area contributed by atoms with Crippen LogP contribution in [0.3, 0.4) is 0 Å². The molecule has 1 aliphatic heterocycles. The second kappa shape index (κ2) is 7.16. The summed E-state index contributed by atoms with van der Waals surface area (Å²) in [5, 5.41) is 4.07. The van der Waals surface area contributed by atoms with E-state index in [0.717, 1.165) is 12.1 Å². The maximum atomic E-state index is 15.0.